The highest BCUT2D eigenvalue weighted by molar-refractivity contribution is 6.42. The maximum absolute atomic E-state index is 12.1. The van der Waals surface area contributed by atoms with E-state index in [2.05, 4.69) is 0 Å². The first-order chi connectivity index (χ1) is 11.0. The Morgan fingerprint density at radius 3 is 2.57 bits per heavy atom. The lowest BCUT2D eigenvalue weighted by Crippen LogP contribution is -2.30. The molecule has 0 heterocycles. The zero-order chi connectivity index (χ0) is 16.8. The number of methoxy groups -OCH3 is 1. The molecule has 2 rings (SSSR count). The quantitative estimate of drug-likeness (QED) is 0.786. The number of likely N-dealkylation sites (N-methyl/N-ethyl adjacent to an activating group) is 1. The van der Waals surface area contributed by atoms with Crippen molar-refractivity contribution in [3.63, 3.8) is 0 Å². The van der Waals surface area contributed by atoms with Gasteiger partial charge in [-0.25, -0.2) is 0 Å². The third-order valence-corrected chi connectivity index (χ3v) is 3.97. The molecule has 0 bridgehead atoms. The summed E-state index contributed by atoms with van der Waals surface area (Å²) in [4.78, 5) is 13.7. The van der Waals surface area contributed by atoms with Gasteiger partial charge in [0, 0.05) is 19.7 Å². The molecule has 0 N–H and O–H groups in total. The number of hydrogen-bond donors (Lipinski definition) is 0. The zero-order valence-electron chi connectivity index (χ0n) is 12.9. The largest absolute Gasteiger partial charge is 0.497 e. The van der Waals surface area contributed by atoms with E-state index in [0.717, 1.165) is 11.3 Å². The first-order valence-corrected chi connectivity index (χ1v) is 7.70. The number of ether oxygens (including phenoxy) is 2. The predicted molar refractivity (Wildman–Crippen MR) is 91.4 cm³/mol. The van der Waals surface area contributed by atoms with Crippen LogP contribution < -0.4 is 9.47 Å². The van der Waals surface area contributed by atoms with Gasteiger partial charge in [0.1, 0.15) is 11.5 Å². The third-order valence-electron chi connectivity index (χ3n) is 3.23. The molecule has 2 aromatic carbocycles. The summed E-state index contributed by atoms with van der Waals surface area (Å²) >= 11 is 11.7. The van der Waals surface area contributed by atoms with Gasteiger partial charge in [-0.15, -0.1) is 0 Å². The number of halogens is 2. The average Bonchev–Trinajstić information content (AvgIpc) is 2.55. The van der Waals surface area contributed by atoms with Gasteiger partial charge < -0.3 is 14.4 Å². The van der Waals surface area contributed by atoms with E-state index in [-0.39, 0.29) is 12.5 Å². The second kappa shape index (κ2) is 8.09. The van der Waals surface area contributed by atoms with Crippen molar-refractivity contribution in [2.24, 2.45) is 0 Å². The number of carbonyl (C=O) groups is 1. The summed E-state index contributed by atoms with van der Waals surface area (Å²) < 4.78 is 10.6. The van der Waals surface area contributed by atoms with E-state index in [4.69, 9.17) is 32.7 Å². The molecule has 0 fully saturated rings. The smallest absolute Gasteiger partial charge is 0.260 e. The van der Waals surface area contributed by atoms with Gasteiger partial charge >= 0.3 is 0 Å². The molecule has 2 aromatic rings. The fourth-order valence-electron chi connectivity index (χ4n) is 1.95. The van der Waals surface area contributed by atoms with Gasteiger partial charge in [-0.3, -0.25) is 4.79 Å². The summed E-state index contributed by atoms with van der Waals surface area (Å²) in [5, 5.41) is 0.835. The van der Waals surface area contributed by atoms with Crippen LogP contribution in [-0.2, 0) is 11.3 Å². The molecule has 0 aliphatic heterocycles. The van der Waals surface area contributed by atoms with E-state index in [0.29, 0.717) is 22.3 Å². The topological polar surface area (TPSA) is 38.8 Å². The van der Waals surface area contributed by atoms with Crippen LogP contribution in [0, 0.1) is 0 Å². The Balaban J connectivity index is 1.90. The standard InChI is InChI=1S/C17H17Cl2NO3/c1-20(10-12-4-3-5-13(8-12)22-2)17(21)11-23-14-6-7-15(18)16(19)9-14/h3-9H,10-11H2,1-2H3. The summed E-state index contributed by atoms with van der Waals surface area (Å²) in [6.45, 7) is 0.402. The lowest BCUT2D eigenvalue weighted by molar-refractivity contribution is -0.132. The minimum Gasteiger partial charge on any atom is -0.497 e. The van der Waals surface area contributed by atoms with Gasteiger partial charge in [0.2, 0.25) is 0 Å². The van der Waals surface area contributed by atoms with Crippen molar-refractivity contribution in [3.05, 3.63) is 58.1 Å². The molecule has 0 atom stereocenters. The van der Waals surface area contributed by atoms with E-state index in [9.17, 15) is 4.79 Å². The molecule has 0 spiro atoms. The SMILES string of the molecule is COc1cccc(CN(C)C(=O)COc2ccc(Cl)c(Cl)c2)c1. The third kappa shape index (κ3) is 5.05. The molecule has 0 aromatic heterocycles. The first-order valence-electron chi connectivity index (χ1n) is 6.94. The van der Waals surface area contributed by atoms with Crippen LogP contribution in [0.2, 0.25) is 10.0 Å². The van der Waals surface area contributed by atoms with Crippen molar-refractivity contribution in [2.75, 3.05) is 20.8 Å². The van der Waals surface area contributed by atoms with Gasteiger partial charge in [0.15, 0.2) is 6.61 Å². The molecule has 0 saturated carbocycles. The number of amides is 1. The van der Waals surface area contributed by atoms with E-state index in [1.807, 2.05) is 24.3 Å². The van der Waals surface area contributed by atoms with Gasteiger partial charge in [-0.2, -0.15) is 0 Å². The Morgan fingerprint density at radius 2 is 1.87 bits per heavy atom. The zero-order valence-corrected chi connectivity index (χ0v) is 14.4. The van der Waals surface area contributed by atoms with Crippen LogP contribution in [0.5, 0.6) is 11.5 Å². The highest BCUT2D eigenvalue weighted by Crippen LogP contribution is 2.26. The molecule has 0 aliphatic rings. The molecule has 23 heavy (non-hydrogen) atoms. The summed E-state index contributed by atoms with van der Waals surface area (Å²) in [6.07, 6.45) is 0. The van der Waals surface area contributed by atoms with E-state index < -0.39 is 0 Å². The van der Waals surface area contributed by atoms with E-state index >= 15 is 0 Å². The predicted octanol–water partition coefficient (Wildman–Crippen LogP) is 4.04. The van der Waals surface area contributed by atoms with E-state index in [1.54, 1.807) is 37.3 Å². The number of rotatable bonds is 6. The van der Waals surface area contributed by atoms with Crippen LogP contribution in [-0.4, -0.2) is 31.6 Å². The number of nitrogens with zero attached hydrogens (tertiary/aromatic N) is 1. The van der Waals surface area contributed by atoms with Gasteiger partial charge in [0.25, 0.3) is 5.91 Å². The minimum absolute atomic E-state index is 0.0710. The molecule has 0 aliphatic carbocycles. The van der Waals surface area contributed by atoms with E-state index in [1.165, 1.54) is 0 Å². The summed E-state index contributed by atoms with van der Waals surface area (Å²) in [7, 11) is 3.33. The van der Waals surface area contributed by atoms with Crippen molar-refractivity contribution >= 4 is 29.1 Å². The van der Waals surface area contributed by atoms with Crippen LogP contribution in [0.1, 0.15) is 5.56 Å². The second-order valence-electron chi connectivity index (χ2n) is 4.97. The highest BCUT2D eigenvalue weighted by Gasteiger charge is 2.11. The van der Waals surface area contributed by atoms with Crippen molar-refractivity contribution in [1.82, 2.24) is 4.90 Å². The fraction of sp³-hybridized carbons (Fsp3) is 0.235. The monoisotopic (exact) mass is 353 g/mol. The van der Waals surface area contributed by atoms with Gasteiger partial charge in [0.05, 0.1) is 17.2 Å². The Bertz CT molecular complexity index is 691. The average molecular weight is 354 g/mol. The van der Waals surface area contributed by atoms with Gasteiger partial charge in [-0.1, -0.05) is 35.3 Å². The van der Waals surface area contributed by atoms with Crippen molar-refractivity contribution in [2.45, 2.75) is 6.54 Å². The molecule has 0 unspecified atom stereocenters. The maximum atomic E-state index is 12.1. The molecule has 0 radical (unpaired) electrons. The second-order valence-corrected chi connectivity index (χ2v) is 5.78. The highest BCUT2D eigenvalue weighted by atomic mass is 35.5. The van der Waals surface area contributed by atoms with Crippen LogP contribution in [0.3, 0.4) is 0 Å². The molecule has 6 heteroatoms. The van der Waals surface area contributed by atoms with Crippen molar-refractivity contribution in [3.8, 4) is 11.5 Å². The molecule has 122 valence electrons. The number of hydrogen-bond acceptors (Lipinski definition) is 3. The summed E-state index contributed by atoms with van der Waals surface area (Å²) in [6, 6.07) is 12.5. The molecule has 4 nitrogen and oxygen atoms in total. The molecule has 0 saturated heterocycles. The van der Waals surface area contributed by atoms with Crippen LogP contribution in [0.15, 0.2) is 42.5 Å². The number of benzene rings is 2. The Kier molecular flexibility index (Phi) is 6.13. The molecular weight excluding hydrogens is 337 g/mol. The maximum Gasteiger partial charge on any atom is 0.260 e. The Morgan fingerprint density at radius 1 is 1.09 bits per heavy atom. The first kappa shape index (κ1) is 17.4. The Hall–Kier alpha value is -1.91. The fourth-order valence-corrected chi connectivity index (χ4v) is 2.24. The Labute approximate surface area is 145 Å². The number of carbonyl (C=O) groups excluding carboxylic acids is 1. The van der Waals surface area contributed by atoms with Crippen LogP contribution in [0.4, 0.5) is 0 Å². The van der Waals surface area contributed by atoms with Crippen molar-refractivity contribution in [1.29, 1.82) is 0 Å². The minimum atomic E-state index is -0.140. The normalized spacial score (nSPS) is 10.3. The molecular formula is C17H17Cl2NO3. The van der Waals surface area contributed by atoms with Crippen LogP contribution >= 0.6 is 23.2 Å². The van der Waals surface area contributed by atoms with Crippen LogP contribution in [0.25, 0.3) is 0 Å². The summed E-state index contributed by atoms with van der Waals surface area (Å²) in [5.74, 6) is 1.12. The molecule has 1 amide bonds. The lowest BCUT2D eigenvalue weighted by Gasteiger charge is -2.18. The lowest BCUT2D eigenvalue weighted by atomic mass is 10.2. The van der Waals surface area contributed by atoms with Gasteiger partial charge in [-0.05, 0) is 29.8 Å². The van der Waals surface area contributed by atoms with Crippen molar-refractivity contribution < 1.29 is 14.3 Å². The summed E-state index contributed by atoms with van der Waals surface area (Å²) in [5.41, 5.74) is 0.981.